The lowest BCUT2D eigenvalue weighted by molar-refractivity contribution is -0.136. The molecule has 1 atom stereocenters. The van der Waals surface area contributed by atoms with Crippen molar-refractivity contribution in [3.63, 3.8) is 0 Å². The maximum absolute atomic E-state index is 12.5. The maximum Gasteiger partial charge on any atom is 0.336 e. The summed E-state index contributed by atoms with van der Waals surface area (Å²) in [5, 5.41) is 0. The average Bonchev–Trinajstić information content (AvgIpc) is 2.68. The summed E-state index contributed by atoms with van der Waals surface area (Å²) >= 11 is 0. The fourth-order valence-corrected chi connectivity index (χ4v) is 3.08. The second kappa shape index (κ2) is 7.26. The van der Waals surface area contributed by atoms with E-state index in [1.807, 2.05) is 78.7 Å². The van der Waals surface area contributed by atoms with E-state index in [1.165, 1.54) is 7.11 Å². The molecule has 4 nitrogen and oxygen atoms in total. The summed E-state index contributed by atoms with van der Waals surface area (Å²) in [5.41, 5.74) is 3.52. The molecule has 128 valence electrons. The highest BCUT2D eigenvalue weighted by molar-refractivity contribution is 5.93. The van der Waals surface area contributed by atoms with Crippen LogP contribution in [0.1, 0.15) is 18.4 Å². The Hall–Kier alpha value is -3.01. The second-order valence-electron chi connectivity index (χ2n) is 5.79. The predicted octanol–water partition coefficient (Wildman–Crippen LogP) is 4.26. The number of anilines is 1. The number of rotatable bonds is 4. The lowest BCUT2D eigenvalue weighted by atomic mass is 9.87. The molecule has 0 spiro atoms. The lowest BCUT2D eigenvalue weighted by Gasteiger charge is -2.31. The third-order valence-corrected chi connectivity index (χ3v) is 4.40. The lowest BCUT2D eigenvalue weighted by Crippen LogP contribution is -2.26. The van der Waals surface area contributed by atoms with E-state index in [2.05, 4.69) is 0 Å². The van der Waals surface area contributed by atoms with Crippen molar-refractivity contribution < 1.29 is 14.3 Å². The van der Waals surface area contributed by atoms with Crippen LogP contribution in [0.2, 0.25) is 0 Å². The summed E-state index contributed by atoms with van der Waals surface area (Å²) in [6.07, 6.45) is 4.03. The van der Waals surface area contributed by atoms with Crippen LogP contribution in [0.15, 0.2) is 78.1 Å². The number of methoxy groups -OCH3 is 2. The fraction of sp³-hybridized carbons (Fsp3) is 0.190. The monoisotopic (exact) mass is 335 g/mol. The van der Waals surface area contributed by atoms with Gasteiger partial charge in [-0.25, -0.2) is 4.79 Å². The molecular formula is C21H21NO3. The minimum Gasteiger partial charge on any atom is -0.497 e. The molecule has 25 heavy (non-hydrogen) atoms. The van der Waals surface area contributed by atoms with E-state index in [1.54, 1.807) is 7.11 Å². The molecular weight excluding hydrogens is 314 g/mol. The molecule has 3 rings (SSSR count). The summed E-state index contributed by atoms with van der Waals surface area (Å²) < 4.78 is 10.3. The Bertz CT molecular complexity index is 807. The summed E-state index contributed by atoms with van der Waals surface area (Å²) in [7, 11) is 3.05. The van der Waals surface area contributed by atoms with Gasteiger partial charge in [-0.1, -0.05) is 36.4 Å². The molecule has 1 aliphatic heterocycles. The van der Waals surface area contributed by atoms with Crippen molar-refractivity contribution in [3.8, 4) is 5.75 Å². The highest BCUT2D eigenvalue weighted by Gasteiger charge is 2.29. The molecule has 0 fully saturated rings. The minimum atomic E-state index is -0.316. The number of ether oxygens (including phenoxy) is 2. The molecule has 0 radical (unpaired) electrons. The van der Waals surface area contributed by atoms with Crippen LogP contribution < -0.4 is 9.64 Å². The zero-order valence-corrected chi connectivity index (χ0v) is 14.6. The Morgan fingerprint density at radius 1 is 1.00 bits per heavy atom. The molecule has 0 saturated carbocycles. The van der Waals surface area contributed by atoms with E-state index < -0.39 is 0 Å². The van der Waals surface area contributed by atoms with Gasteiger partial charge in [0, 0.05) is 23.5 Å². The first-order valence-electron chi connectivity index (χ1n) is 8.11. The molecule has 0 aliphatic carbocycles. The molecule has 0 aromatic heterocycles. The first-order chi connectivity index (χ1) is 12.2. The van der Waals surface area contributed by atoms with Crippen molar-refractivity contribution in [2.45, 2.75) is 12.8 Å². The van der Waals surface area contributed by atoms with Gasteiger partial charge in [0.1, 0.15) is 5.75 Å². The van der Waals surface area contributed by atoms with Gasteiger partial charge in [-0.2, -0.15) is 0 Å². The maximum atomic E-state index is 12.5. The molecule has 1 aliphatic rings. The number of hydrogen-bond donors (Lipinski definition) is 0. The van der Waals surface area contributed by atoms with Gasteiger partial charge in [0.05, 0.1) is 19.8 Å². The van der Waals surface area contributed by atoms with E-state index in [0.717, 1.165) is 22.7 Å². The molecule has 0 bridgehead atoms. The summed E-state index contributed by atoms with van der Waals surface area (Å²) in [6.45, 7) is 1.94. The minimum absolute atomic E-state index is 0.154. The van der Waals surface area contributed by atoms with Gasteiger partial charge in [-0.05, 0) is 36.8 Å². The predicted molar refractivity (Wildman–Crippen MR) is 98.5 cm³/mol. The van der Waals surface area contributed by atoms with Crippen LogP contribution in [0.4, 0.5) is 5.69 Å². The number of nitrogens with zero attached hydrogens (tertiary/aromatic N) is 1. The zero-order chi connectivity index (χ0) is 17.8. The number of carbonyl (C=O) groups is 1. The largest absolute Gasteiger partial charge is 0.497 e. The van der Waals surface area contributed by atoms with Crippen molar-refractivity contribution in [2.24, 2.45) is 0 Å². The Balaban J connectivity index is 2.04. The van der Waals surface area contributed by atoms with E-state index in [9.17, 15) is 4.79 Å². The highest BCUT2D eigenvalue weighted by Crippen LogP contribution is 2.36. The Kier molecular flexibility index (Phi) is 4.89. The second-order valence-corrected chi connectivity index (χ2v) is 5.79. The van der Waals surface area contributed by atoms with Gasteiger partial charge >= 0.3 is 5.97 Å². The number of para-hydroxylation sites is 1. The van der Waals surface area contributed by atoms with Gasteiger partial charge < -0.3 is 14.4 Å². The number of hydrogen-bond acceptors (Lipinski definition) is 4. The van der Waals surface area contributed by atoms with Gasteiger partial charge in [0.2, 0.25) is 0 Å². The SMILES string of the molecule is COC(=O)C1=C(C)N(c2ccccc2)C=CC1c1ccc(OC)cc1. The van der Waals surface area contributed by atoms with Crippen LogP contribution in [0.3, 0.4) is 0 Å². The molecule has 1 heterocycles. The summed E-state index contributed by atoms with van der Waals surface area (Å²) in [5.74, 6) is 0.316. The highest BCUT2D eigenvalue weighted by atomic mass is 16.5. The Morgan fingerprint density at radius 2 is 1.68 bits per heavy atom. The van der Waals surface area contributed by atoms with Crippen molar-refractivity contribution in [3.05, 3.63) is 83.7 Å². The molecule has 2 aromatic carbocycles. The number of carbonyl (C=O) groups excluding carboxylic acids is 1. The first kappa shape index (κ1) is 16.8. The van der Waals surface area contributed by atoms with Crippen molar-refractivity contribution in [2.75, 3.05) is 19.1 Å². The van der Waals surface area contributed by atoms with Gasteiger partial charge in [-0.15, -0.1) is 0 Å². The summed E-state index contributed by atoms with van der Waals surface area (Å²) in [4.78, 5) is 14.5. The van der Waals surface area contributed by atoms with Crippen LogP contribution in [0.25, 0.3) is 0 Å². The zero-order valence-electron chi connectivity index (χ0n) is 14.6. The Morgan fingerprint density at radius 3 is 2.28 bits per heavy atom. The average molecular weight is 335 g/mol. The molecule has 4 heteroatoms. The van der Waals surface area contributed by atoms with Gasteiger partial charge in [-0.3, -0.25) is 0 Å². The quantitative estimate of drug-likeness (QED) is 0.783. The third kappa shape index (κ3) is 3.29. The van der Waals surface area contributed by atoms with Gasteiger partial charge in [0.25, 0.3) is 0 Å². The number of allylic oxidation sites excluding steroid dienone is 2. The number of esters is 1. The summed E-state index contributed by atoms with van der Waals surface area (Å²) in [6, 6.07) is 17.7. The molecule has 0 saturated heterocycles. The fourth-order valence-electron chi connectivity index (χ4n) is 3.08. The Labute approximate surface area is 148 Å². The normalized spacial score (nSPS) is 16.8. The van der Waals surface area contributed by atoms with Crippen LogP contribution in [0.5, 0.6) is 5.75 Å². The molecule has 0 amide bonds. The first-order valence-corrected chi connectivity index (χ1v) is 8.11. The van der Waals surface area contributed by atoms with E-state index >= 15 is 0 Å². The molecule has 0 N–H and O–H groups in total. The van der Waals surface area contributed by atoms with Crippen molar-refractivity contribution in [1.29, 1.82) is 0 Å². The van der Waals surface area contributed by atoms with Crippen LogP contribution in [0, 0.1) is 0 Å². The smallest absolute Gasteiger partial charge is 0.336 e. The number of benzene rings is 2. The van der Waals surface area contributed by atoms with Gasteiger partial charge in [0.15, 0.2) is 0 Å². The topological polar surface area (TPSA) is 38.8 Å². The molecule has 1 unspecified atom stereocenters. The van der Waals surface area contributed by atoms with Crippen LogP contribution >= 0.6 is 0 Å². The van der Waals surface area contributed by atoms with Crippen LogP contribution in [-0.2, 0) is 9.53 Å². The van der Waals surface area contributed by atoms with Crippen molar-refractivity contribution in [1.82, 2.24) is 0 Å². The standard InChI is InChI=1S/C21H21NO3/c1-15-20(21(23)25-3)19(16-9-11-18(24-2)12-10-16)13-14-22(15)17-7-5-4-6-8-17/h4-14,19H,1-3H3. The third-order valence-electron chi connectivity index (χ3n) is 4.40. The van der Waals surface area contributed by atoms with E-state index in [-0.39, 0.29) is 11.9 Å². The van der Waals surface area contributed by atoms with E-state index in [0.29, 0.717) is 5.57 Å². The van der Waals surface area contributed by atoms with E-state index in [4.69, 9.17) is 9.47 Å². The van der Waals surface area contributed by atoms with Crippen molar-refractivity contribution >= 4 is 11.7 Å². The molecule has 2 aromatic rings. The van der Waals surface area contributed by atoms with Crippen LogP contribution in [-0.4, -0.2) is 20.2 Å².